The number of nitrogens with one attached hydrogen (secondary N) is 2. The molecule has 0 aliphatic heterocycles. The van der Waals surface area contributed by atoms with Crippen LogP contribution in [-0.2, 0) is 4.79 Å². The summed E-state index contributed by atoms with van der Waals surface area (Å²) in [6.45, 7) is 0.605. The lowest BCUT2D eigenvalue weighted by molar-refractivity contribution is -0.120. The van der Waals surface area contributed by atoms with Gasteiger partial charge >= 0.3 is 0 Å². The number of hydrogen-bond acceptors (Lipinski definition) is 4. The van der Waals surface area contributed by atoms with Crippen LogP contribution in [0.25, 0.3) is 10.9 Å². The van der Waals surface area contributed by atoms with Gasteiger partial charge in [-0.25, -0.2) is 0 Å². The highest BCUT2D eigenvalue weighted by atomic mass is 16.1. The third kappa shape index (κ3) is 2.99. The zero-order chi connectivity index (χ0) is 13.1. The number of fused-ring (bicyclic) bond motifs is 1. The predicted molar refractivity (Wildman–Crippen MR) is 73.8 cm³/mol. The van der Waals surface area contributed by atoms with Gasteiger partial charge in [-0.2, -0.15) is 10.2 Å². The van der Waals surface area contributed by atoms with Crippen molar-refractivity contribution >= 4 is 22.5 Å². The van der Waals surface area contributed by atoms with Crippen molar-refractivity contribution in [3.05, 3.63) is 30.5 Å². The number of rotatable bonds is 5. The largest absolute Gasteiger partial charge is 0.383 e. The number of aromatic nitrogens is 2. The second kappa shape index (κ2) is 5.22. The molecule has 2 N–H and O–H groups in total. The summed E-state index contributed by atoms with van der Waals surface area (Å²) in [4.78, 5) is 11.6. The smallest absolute Gasteiger partial charge is 0.221 e. The van der Waals surface area contributed by atoms with E-state index in [1.807, 2.05) is 24.3 Å². The van der Waals surface area contributed by atoms with E-state index in [9.17, 15) is 4.79 Å². The fourth-order valence-corrected chi connectivity index (χ4v) is 1.99. The normalized spacial score (nSPS) is 14.3. The number of carbonyl (C=O) groups excluding carboxylic acids is 1. The van der Waals surface area contributed by atoms with Crippen LogP contribution in [0.5, 0.6) is 0 Å². The van der Waals surface area contributed by atoms with E-state index in [-0.39, 0.29) is 5.91 Å². The van der Waals surface area contributed by atoms with Crippen LogP contribution in [0.15, 0.2) is 30.5 Å². The quantitative estimate of drug-likeness (QED) is 0.854. The van der Waals surface area contributed by atoms with Gasteiger partial charge < -0.3 is 10.6 Å². The lowest BCUT2D eigenvalue weighted by Crippen LogP contribution is -2.27. The first kappa shape index (κ1) is 11.9. The van der Waals surface area contributed by atoms with E-state index in [0.717, 1.165) is 29.4 Å². The van der Waals surface area contributed by atoms with Crippen LogP contribution in [0.3, 0.4) is 0 Å². The number of carbonyl (C=O) groups is 1. The van der Waals surface area contributed by atoms with E-state index in [1.54, 1.807) is 6.20 Å². The molecule has 5 heteroatoms. The monoisotopic (exact) mass is 256 g/mol. The van der Waals surface area contributed by atoms with Gasteiger partial charge in [0, 0.05) is 24.4 Å². The van der Waals surface area contributed by atoms with Crippen LogP contribution in [0.2, 0.25) is 0 Å². The minimum Gasteiger partial charge on any atom is -0.383 e. The van der Waals surface area contributed by atoms with Gasteiger partial charge in [-0.3, -0.25) is 4.79 Å². The van der Waals surface area contributed by atoms with Gasteiger partial charge in [-0.15, -0.1) is 0 Å². The van der Waals surface area contributed by atoms with E-state index in [4.69, 9.17) is 0 Å². The molecule has 1 aromatic carbocycles. The molecule has 1 heterocycles. The first-order valence-electron chi connectivity index (χ1n) is 6.56. The van der Waals surface area contributed by atoms with Gasteiger partial charge in [-0.1, -0.05) is 18.2 Å². The fraction of sp³-hybridized carbons (Fsp3) is 0.357. The molecule has 19 heavy (non-hydrogen) atoms. The van der Waals surface area contributed by atoms with Crippen molar-refractivity contribution in [2.24, 2.45) is 0 Å². The summed E-state index contributed by atoms with van der Waals surface area (Å²) >= 11 is 0. The number of anilines is 1. The Kier molecular flexibility index (Phi) is 3.27. The van der Waals surface area contributed by atoms with Crippen LogP contribution in [0.4, 0.5) is 5.69 Å². The van der Waals surface area contributed by atoms with Crippen LogP contribution in [0, 0.1) is 0 Å². The summed E-state index contributed by atoms with van der Waals surface area (Å²) in [5.41, 5.74) is 1.78. The van der Waals surface area contributed by atoms with Crippen molar-refractivity contribution in [2.45, 2.75) is 25.3 Å². The standard InChI is InChI=1S/C14H16N4O/c19-14(17-10-5-6-10)7-8-15-13-9-16-18-12-4-2-1-3-11(12)13/h1-4,9-10H,5-8H2,(H,15,18)(H,17,19). The van der Waals surface area contributed by atoms with E-state index in [2.05, 4.69) is 20.8 Å². The fourth-order valence-electron chi connectivity index (χ4n) is 1.99. The summed E-state index contributed by atoms with van der Waals surface area (Å²) in [6.07, 6.45) is 4.42. The summed E-state index contributed by atoms with van der Waals surface area (Å²) in [5.74, 6) is 0.112. The maximum absolute atomic E-state index is 11.6. The van der Waals surface area contributed by atoms with Crippen molar-refractivity contribution < 1.29 is 4.79 Å². The second-order valence-electron chi connectivity index (χ2n) is 4.79. The number of benzene rings is 1. The minimum absolute atomic E-state index is 0.112. The molecule has 1 fully saturated rings. The molecular weight excluding hydrogens is 240 g/mol. The number of nitrogens with zero attached hydrogens (tertiary/aromatic N) is 2. The highest BCUT2D eigenvalue weighted by Gasteiger charge is 2.22. The van der Waals surface area contributed by atoms with Crippen molar-refractivity contribution in [3.63, 3.8) is 0 Å². The Labute approximate surface area is 111 Å². The van der Waals surface area contributed by atoms with Gasteiger partial charge in [-0.05, 0) is 18.9 Å². The number of hydrogen-bond donors (Lipinski definition) is 2. The Morgan fingerprint density at radius 1 is 1.32 bits per heavy atom. The molecule has 3 rings (SSSR count). The Hall–Kier alpha value is -2.17. The topological polar surface area (TPSA) is 66.9 Å². The Morgan fingerprint density at radius 2 is 2.16 bits per heavy atom. The van der Waals surface area contributed by atoms with Crippen molar-refractivity contribution in [2.75, 3.05) is 11.9 Å². The highest BCUT2D eigenvalue weighted by molar-refractivity contribution is 5.90. The third-order valence-corrected chi connectivity index (χ3v) is 3.16. The third-order valence-electron chi connectivity index (χ3n) is 3.16. The summed E-state index contributed by atoms with van der Waals surface area (Å²) in [6, 6.07) is 8.25. The average Bonchev–Trinajstić information content (AvgIpc) is 3.23. The van der Waals surface area contributed by atoms with Crippen molar-refractivity contribution in [1.82, 2.24) is 15.5 Å². The van der Waals surface area contributed by atoms with E-state index < -0.39 is 0 Å². The molecule has 0 unspecified atom stereocenters. The van der Waals surface area contributed by atoms with Gasteiger partial charge in [0.25, 0.3) is 0 Å². The maximum atomic E-state index is 11.6. The number of amides is 1. The molecule has 5 nitrogen and oxygen atoms in total. The zero-order valence-corrected chi connectivity index (χ0v) is 10.6. The molecule has 1 amide bonds. The van der Waals surface area contributed by atoms with Crippen LogP contribution >= 0.6 is 0 Å². The molecular formula is C14H16N4O. The molecule has 0 atom stereocenters. The van der Waals surface area contributed by atoms with Crippen molar-refractivity contribution in [1.29, 1.82) is 0 Å². The molecule has 1 aromatic heterocycles. The van der Waals surface area contributed by atoms with Gasteiger partial charge in [0.15, 0.2) is 0 Å². The lowest BCUT2D eigenvalue weighted by atomic mass is 10.2. The second-order valence-corrected chi connectivity index (χ2v) is 4.79. The Bertz CT molecular complexity index is 590. The lowest BCUT2D eigenvalue weighted by Gasteiger charge is -2.08. The van der Waals surface area contributed by atoms with Crippen molar-refractivity contribution in [3.8, 4) is 0 Å². The van der Waals surface area contributed by atoms with E-state index >= 15 is 0 Å². The first-order valence-corrected chi connectivity index (χ1v) is 6.56. The van der Waals surface area contributed by atoms with Crippen LogP contribution < -0.4 is 10.6 Å². The van der Waals surface area contributed by atoms with E-state index in [1.165, 1.54) is 0 Å². The van der Waals surface area contributed by atoms with E-state index in [0.29, 0.717) is 19.0 Å². The van der Waals surface area contributed by atoms with Gasteiger partial charge in [0.2, 0.25) is 5.91 Å². The zero-order valence-electron chi connectivity index (χ0n) is 10.6. The molecule has 1 aliphatic carbocycles. The molecule has 98 valence electrons. The molecule has 0 spiro atoms. The SMILES string of the molecule is O=C(CCNc1cnnc2ccccc12)NC1CC1. The Balaban J connectivity index is 1.60. The molecule has 0 radical (unpaired) electrons. The Morgan fingerprint density at radius 3 is 3.00 bits per heavy atom. The highest BCUT2D eigenvalue weighted by Crippen LogP contribution is 2.20. The average molecular weight is 256 g/mol. The van der Waals surface area contributed by atoms with Crippen LogP contribution in [-0.4, -0.2) is 28.7 Å². The molecule has 0 saturated heterocycles. The maximum Gasteiger partial charge on any atom is 0.221 e. The molecule has 1 saturated carbocycles. The summed E-state index contributed by atoms with van der Waals surface area (Å²) in [7, 11) is 0. The first-order chi connectivity index (χ1) is 9.33. The molecule has 1 aliphatic rings. The molecule has 0 bridgehead atoms. The van der Waals surface area contributed by atoms with Crippen LogP contribution in [0.1, 0.15) is 19.3 Å². The van der Waals surface area contributed by atoms with Gasteiger partial charge in [0.1, 0.15) is 0 Å². The minimum atomic E-state index is 0.112. The summed E-state index contributed by atoms with van der Waals surface area (Å²) < 4.78 is 0. The summed E-state index contributed by atoms with van der Waals surface area (Å²) in [5, 5.41) is 15.3. The predicted octanol–water partition coefficient (Wildman–Crippen LogP) is 1.71. The van der Waals surface area contributed by atoms with Gasteiger partial charge in [0.05, 0.1) is 17.4 Å². The molecule has 2 aromatic rings.